The Bertz CT molecular complexity index is 3.61. The molecule has 0 aromatic carbocycles. The minimum atomic E-state index is 0. The third-order valence-corrected chi connectivity index (χ3v) is 0. The molecule has 0 aliphatic heterocycles. The van der Waals surface area contributed by atoms with E-state index in [0.717, 1.165) is 0 Å². The standard InChI is InChI=1S/4FH.O/h4*1H;. The van der Waals surface area contributed by atoms with Crippen molar-refractivity contribution in [3.8, 4) is 0 Å². The van der Waals surface area contributed by atoms with E-state index in [9.17, 15) is 0 Å². The van der Waals surface area contributed by atoms with Gasteiger partial charge in [0.05, 0.1) is 0 Å². The topological polar surface area (TPSA) is 28.5 Å². The Hall–Kier alpha value is -0.320. The molecule has 2 radical (unpaired) electrons. The fourth-order valence-electron chi connectivity index (χ4n) is 0. The molecule has 0 amide bonds. The van der Waals surface area contributed by atoms with E-state index in [-0.39, 0.29) is 24.3 Å². The van der Waals surface area contributed by atoms with Crippen molar-refractivity contribution < 1.29 is 24.3 Å². The van der Waals surface area contributed by atoms with Gasteiger partial charge in [0.25, 0.3) is 0 Å². The first-order valence-corrected chi connectivity index (χ1v) is 0. The molecule has 0 saturated heterocycles. The number of halogens is 4. The van der Waals surface area contributed by atoms with Gasteiger partial charge in [0.15, 0.2) is 0 Å². The fraction of sp³-hybridized carbons (Fsp3) is 0. The van der Waals surface area contributed by atoms with E-state index < -0.39 is 0 Å². The van der Waals surface area contributed by atoms with Crippen LogP contribution in [0.3, 0.4) is 0 Å². The van der Waals surface area contributed by atoms with Crippen LogP contribution in [0.5, 0.6) is 0 Å². The lowest BCUT2D eigenvalue weighted by atomic mass is 16.0. The minimum absolute atomic E-state index is 0. The molecule has 0 aliphatic carbocycles. The third-order valence-electron chi connectivity index (χ3n) is 0. The van der Waals surface area contributed by atoms with Gasteiger partial charge in [-0.2, -0.15) is 0 Å². The van der Waals surface area contributed by atoms with E-state index in [1.807, 2.05) is 0 Å². The lowest BCUT2D eigenvalue weighted by molar-refractivity contribution is 0.686. The molecule has 0 rings (SSSR count). The largest absolute Gasteiger partial charge is 0.269 e. The molecule has 5 heavy (non-hydrogen) atoms. The van der Waals surface area contributed by atoms with Crippen LogP contribution in [0, 0.1) is 0 Å². The highest BCUT2D eigenvalue weighted by atomic mass is 19.0. The van der Waals surface area contributed by atoms with Crippen molar-refractivity contribution in [1.82, 2.24) is 0 Å². The van der Waals surface area contributed by atoms with Crippen LogP contribution in [-0.2, 0) is 5.48 Å². The summed E-state index contributed by atoms with van der Waals surface area (Å²) in [6.07, 6.45) is 0. The molecular weight excluding hydrogens is 92.0 g/mol. The monoisotopic (exact) mass is 96.0 g/mol. The maximum Gasteiger partial charge on any atom is 0 e. The lowest BCUT2D eigenvalue weighted by Crippen LogP contribution is -0.119. The highest BCUT2D eigenvalue weighted by Gasteiger charge is 0.0000151. The van der Waals surface area contributed by atoms with E-state index in [4.69, 9.17) is 0 Å². The Balaban J connectivity index is 0. The molecule has 0 aromatic heterocycles. The van der Waals surface area contributed by atoms with Gasteiger partial charge in [0.1, 0.15) is 0 Å². The number of rotatable bonds is 0. The SMILES string of the molecule is F.F.F.F.[O]. The smallest absolute Gasteiger partial charge is 0 e. The van der Waals surface area contributed by atoms with Crippen molar-refractivity contribution in [2.45, 2.75) is 0 Å². The summed E-state index contributed by atoms with van der Waals surface area (Å²) in [7, 11) is 0. The van der Waals surface area contributed by atoms with Crippen LogP contribution in [0.2, 0.25) is 0 Å². The first-order valence-electron chi connectivity index (χ1n) is 0. The van der Waals surface area contributed by atoms with Gasteiger partial charge in [0, 0.05) is 5.48 Å². The summed E-state index contributed by atoms with van der Waals surface area (Å²) in [5, 5.41) is 0. The van der Waals surface area contributed by atoms with Gasteiger partial charge >= 0.3 is 0 Å². The average Bonchev–Trinajstić information content (AvgIpc) is 0. The van der Waals surface area contributed by atoms with Crippen molar-refractivity contribution in [1.29, 1.82) is 0 Å². The van der Waals surface area contributed by atoms with Gasteiger partial charge in [-0.3, -0.25) is 18.8 Å². The van der Waals surface area contributed by atoms with Crippen molar-refractivity contribution in [3.05, 3.63) is 0 Å². The third kappa shape index (κ3) is 101. The summed E-state index contributed by atoms with van der Waals surface area (Å²) in [6.45, 7) is 0. The fourth-order valence-corrected chi connectivity index (χ4v) is 0. The van der Waals surface area contributed by atoms with Crippen LogP contribution < -0.4 is 0 Å². The normalized spacial score (nSPS) is 0. The van der Waals surface area contributed by atoms with E-state index in [1.54, 1.807) is 0 Å². The molecule has 0 unspecified atom stereocenters. The molecular formula is H4F4O. The van der Waals surface area contributed by atoms with E-state index in [1.165, 1.54) is 0 Å². The van der Waals surface area contributed by atoms with Gasteiger partial charge in [0.2, 0.25) is 0 Å². The van der Waals surface area contributed by atoms with Gasteiger partial charge in [-0.15, -0.1) is 0 Å². The van der Waals surface area contributed by atoms with E-state index >= 15 is 0 Å². The Morgan fingerprint density at radius 3 is 0.400 bits per heavy atom. The zero-order valence-electron chi connectivity index (χ0n) is 2.04. The first kappa shape index (κ1) is 619. The van der Waals surface area contributed by atoms with Crippen LogP contribution in [-0.4, -0.2) is 0 Å². The van der Waals surface area contributed by atoms with E-state index in [0.29, 0.717) is 0 Å². The van der Waals surface area contributed by atoms with Crippen LogP contribution in [0.1, 0.15) is 0 Å². The zero-order valence-corrected chi connectivity index (χ0v) is 2.04. The molecule has 0 atom stereocenters. The summed E-state index contributed by atoms with van der Waals surface area (Å²) in [4.78, 5) is 0. The Kier molecular flexibility index (Phi) is 32000. The molecule has 0 aliphatic rings. The maximum absolute atomic E-state index is 0. The molecule has 0 aromatic rings. The number of hydrogen-bond donors (Lipinski definition) is 0. The predicted octanol–water partition coefficient (Wildman–Crippen LogP) is 0.491. The molecule has 0 spiro atoms. The molecule has 0 bridgehead atoms. The summed E-state index contributed by atoms with van der Waals surface area (Å²) in [6, 6.07) is 0. The summed E-state index contributed by atoms with van der Waals surface area (Å²) in [5.41, 5.74) is 0. The van der Waals surface area contributed by atoms with Crippen molar-refractivity contribution in [2.75, 3.05) is 0 Å². The van der Waals surface area contributed by atoms with Gasteiger partial charge in [-0.1, -0.05) is 0 Å². The van der Waals surface area contributed by atoms with Gasteiger partial charge < -0.3 is 0 Å². The second-order valence-corrected chi connectivity index (χ2v) is 0. The molecule has 0 N–H and O–H groups in total. The predicted molar refractivity (Wildman–Crippen MR) is 10.7 cm³/mol. The molecule has 0 heterocycles. The highest BCUT2D eigenvalue weighted by Crippen LogP contribution is 0.423. The average molecular weight is 96.0 g/mol. The van der Waals surface area contributed by atoms with Crippen molar-refractivity contribution in [2.24, 2.45) is 0 Å². The van der Waals surface area contributed by atoms with Crippen LogP contribution >= 0.6 is 0 Å². The number of hydrogen-bond acceptors (Lipinski definition) is 0. The second kappa shape index (κ2) is 258. The summed E-state index contributed by atoms with van der Waals surface area (Å²) < 4.78 is 0. The lowest BCUT2D eigenvalue weighted by Gasteiger charge is -0.270. The Morgan fingerprint density at radius 2 is 0.400 bits per heavy atom. The van der Waals surface area contributed by atoms with Crippen LogP contribution in [0.25, 0.3) is 0 Å². The molecule has 5 heteroatoms. The van der Waals surface area contributed by atoms with Gasteiger partial charge in [-0.25, -0.2) is 0 Å². The quantitative estimate of drug-likeness (QED) is 0.393. The Labute approximate surface area is 25.8 Å². The van der Waals surface area contributed by atoms with Crippen molar-refractivity contribution >= 4 is 0 Å². The van der Waals surface area contributed by atoms with Crippen molar-refractivity contribution in [3.63, 3.8) is 0 Å². The molecule has 0 fully saturated rings. The molecule has 1 nitrogen and oxygen atoms in total. The molecule has 38 valence electrons. The summed E-state index contributed by atoms with van der Waals surface area (Å²) >= 11 is 0. The second-order valence-electron chi connectivity index (χ2n) is 0. The maximum atomic E-state index is 0. The first-order chi connectivity index (χ1) is 0. The van der Waals surface area contributed by atoms with Gasteiger partial charge in [-0.05, 0) is 0 Å². The van der Waals surface area contributed by atoms with E-state index in [2.05, 4.69) is 0 Å². The zero-order chi connectivity index (χ0) is 0. The minimum Gasteiger partial charge on any atom is -0.269 e. The van der Waals surface area contributed by atoms with Crippen LogP contribution in [0.15, 0.2) is 0 Å². The van der Waals surface area contributed by atoms with Crippen LogP contribution in [0.4, 0.5) is 18.8 Å². The summed E-state index contributed by atoms with van der Waals surface area (Å²) in [5.74, 6) is 0. The molecule has 0 saturated carbocycles. The highest BCUT2D eigenvalue weighted by molar-refractivity contribution is 1.11. The Morgan fingerprint density at radius 1 is 0.400 bits per heavy atom.